The van der Waals surface area contributed by atoms with Crippen LogP contribution in [0.1, 0.15) is 25.6 Å². The molecule has 0 bridgehead atoms. The van der Waals surface area contributed by atoms with E-state index >= 15 is 0 Å². The smallest absolute Gasteiger partial charge is 0.246 e. The van der Waals surface area contributed by atoms with Gasteiger partial charge in [0.1, 0.15) is 11.9 Å². The number of rotatable bonds is 4. The van der Waals surface area contributed by atoms with Gasteiger partial charge < -0.3 is 15.7 Å². The molecule has 100 valence electrons. The molecule has 2 rings (SSSR count). The maximum Gasteiger partial charge on any atom is 0.246 e. The first-order valence-electron chi connectivity index (χ1n) is 6.16. The molecule has 0 radical (unpaired) electrons. The van der Waals surface area contributed by atoms with Gasteiger partial charge in [-0.05, 0) is 18.8 Å². The van der Waals surface area contributed by atoms with Gasteiger partial charge >= 0.3 is 0 Å². The lowest BCUT2D eigenvalue weighted by atomic mass is 9.91. The van der Waals surface area contributed by atoms with Gasteiger partial charge in [-0.2, -0.15) is 4.37 Å². The van der Waals surface area contributed by atoms with Gasteiger partial charge in [0.2, 0.25) is 11.0 Å². The minimum Gasteiger partial charge on any atom is -0.383 e. The Morgan fingerprint density at radius 1 is 1.61 bits per heavy atom. The first-order valence-corrected chi connectivity index (χ1v) is 6.94. The highest BCUT2D eigenvalue weighted by atomic mass is 32.1. The number of nitrogens with zero attached hydrogens (tertiary/aromatic N) is 3. The number of nitrogens with two attached hydrogens (primary N) is 1. The normalized spacial score (nSPS) is 18.9. The van der Waals surface area contributed by atoms with E-state index in [1.54, 1.807) is 0 Å². The van der Waals surface area contributed by atoms with E-state index < -0.39 is 12.0 Å². The number of piperidine rings is 1. The highest BCUT2D eigenvalue weighted by Crippen LogP contribution is 2.26. The Bertz CT molecular complexity index is 415. The minimum absolute atomic E-state index is 0.0303. The van der Waals surface area contributed by atoms with Gasteiger partial charge in [-0.3, -0.25) is 4.79 Å². The predicted octanol–water partition coefficient (Wildman–Crippen LogP) is 0.163. The van der Waals surface area contributed by atoms with Crippen molar-refractivity contribution in [2.45, 2.75) is 32.3 Å². The molecule has 3 N–H and O–H groups in total. The fraction of sp³-hybridized carbons (Fsp3) is 0.727. The maximum atomic E-state index is 10.9. The van der Waals surface area contributed by atoms with Crippen molar-refractivity contribution < 1.29 is 9.90 Å². The number of carbonyl (C=O) groups is 1. The summed E-state index contributed by atoms with van der Waals surface area (Å²) in [6, 6.07) is 0. The van der Waals surface area contributed by atoms with Crippen LogP contribution in [0.5, 0.6) is 0 Å². The van der Waals surface area contributed by atoms with Crippen LogP contribution in [0.4, 0.5) is 5.13 Å². The van der Waals surface area contributed by atoms with Crippen molar-refractivity contribution in [1.82, 2.24) is 9.36 Å². The first-order chi connectivity index (χ1) is 8.61. The molecule has 0 aromatic carbocycles. The van der Waals surface area contributed by atoms with Crippen LogP contribution in [0.15, 0.2) is 0 Å². The number of hydrogen-bond donors (Lipinski definition) is 2. The Morgan fingerprint density at radius 2 is 2.28 bits per heavy atom. The number of anilines is 1. The summed E-state index contributed by atoms with van der Waals surface area (Å²) < 4.78 is 4.26. The fourth-order valence-electron chi connectivity index (χ4n) is 2.16. The summed E-state index contributed by atoms with van der Waals surface area (Å²) in [6.07, 6.45) is 1.33. The molecule has 0 aliphatic carbocycles. The lowest BCUT2D eigenvalue weighted by Gasteiger charge is -2.32. The summed E-state index contributed by atoms with van der Waals surface area (Å²) in [5.74, 6) is 0.212. The molecule has 1 saturated heterocycles. The summed E-state index contributed by atoms with van der Waals surface area (Å²) in [4.78, 5) is 17.5. The Labute approximate surface area is 110 Å². The quantitative estimate of drug-likeness (QED) is 0.813. The van der Waals surface area contributed by atoms with Gasteiger partial charge in [-0.1, -0.05) is 6.92 Å². The van der Waals surface area contributed by atoms with Crippen LogP contribution < -0.4 is 10.6 Å². The van der Waals surface area contributed by atoms with Gasteiger partial charge in [-0.25, -0.2) is 4.98 Å². The average molecular weight is 270 g/mol. The number of aliphatic hydroxyl groups excluding tert-OH is 1. The second kappa shape index (κ2) is 5.62. The number of aryl methyl sites for hydroxylation is 1. The monoisotopic (exact) mass is 270 g/mol. The molecule has 1 fully saturated rings. The standard InChI is InChI=1S/C11H18N4O2S/c1-2-8-13-11(18-14-8)15-5-3-7(4-6-15)9(16)10(12)17/h7,9,16H,2-6H2,1H3,(H2,12,17)/t9-/m1/s1. The van der Waals surface area contributed by atoms with Crippen molar-refractivity contribution >= 4 is 22.6 Å². The molecular weight excluding hydrogens is 252 g/mol. The van der Waals surface area contributed by atoms with Crippen molar-refractivity contribution in [2.75, 3.05) is 18.0 Å². The third-order valence-corrected chi connectivity index (χ3v) is 4.14. The molecule has 18 heavy (non-hydrogen) atoms. The third-order valence-electron chi connectivity index (χ3n) is 3.32. The molecule has 1 aromatic rings. The number of aliphatic hydroxyl groups is 1. The van der Waals surface area contributed by atoms with Crippen molar-refractivity contribution in [3.8, 4) is 0 Å². The van der Waals surface area contributed by atoms with Crippen LogP contribution in [-0.4, -0.2) is 39.6 Å². The zero-order valence-corrected chi connectivity index (χ0v) is 11.2. The van der Waals surface area contributed by atoms with Gasteiger partial charge in [0.25, 0.3) is 0 Å². The van der Waals surface area contributed by atoms with Gasteiger partial charge in [0.05, 0.1) is 0 Å². The number of primary amides is 1. The summed E-state index contributed by atoms with van der Waals surface area (Å²) in [7, 11) is 0. The minimum atomic E-state index is -1.02. The summed E-state index contributed by atoms with van der Waals surface area (Å²) >= 11 is 1.41. The van der Waals surface area contributed by atoms with E-state index in [9.17, 15) is 9.90 Å². The number of hydrogen-bond acceptors (Lipinski definition) is 6. The van der Waals surface area contributed by atoms with Crippen molar-refractivity contribution in [1.29, 1.82) is 0 Å². The maximum absolute atomic E-state index is 10.9. The SMILES string of the molecule is CCc1nsc(N2CCC([C@@H](O)C(N)=O)CC2)n1. The molecule has 1 aliphatic rings. The Kier molecular flexibility index (Phi) is 4.13. The van der Waals surface area contributed by atoms with Crippen LogP contribution in [0, 0.1) is 5.92 Å². The molecule has 7 heteroatoms. The Hall–Kier alpha value is -1.21. The van der Waals surface area contributed by atoms with Crippen molar-refractivity contribution in [3.63, 3.8) is 0 Å². The predicted molar refractivity (Wildman–Crippen MR) is 69.4 cm³/mol. The second-order valence-electron chi connectivity index (χ2n) is 4.52. The van der Waals surface area contributed by atoms with Crippen LogP contribution >= 0.6 is 11.5 Å². The molecule has 0 spiro atoms. The van der Waals surface area contributed by atoms with E-state index in [-0.39, 0.29) is 5.92 Å². The first kappa shape index (κ1) is 13.2. The molecule has 6 nitrogen and oxygen atoms in total. The van der Waals surface area contributed by atoms with Gasteiger partial charge in [0.15, 0.2) is 0 Å². The Morgan fingerprint density at radius 3 is 2.78 bits per heavy atom. The lowest BCUT2D eigenvalue weighted by Crippen LogP contribution is -2.42. The second-order valence-corrected chi connectivity index (χ2v) is 5.25. The molecule has 0 unspecified atom stereocenters. The molecule has 2 heterocycles. The molecule has 1 atom stereocenters. The molecule has 1 aromatic heterocycles. The number of aromatic nitrogens is 2. The van der Waals surface area contributed by atoms with Crippen molar-refractivity contribution in [3.05, 3.63) is 5.82 Å². The van der Waals surface area contributed by atoms with Crippen LogP contribution in [0.25, 0.3) is 0 Å². The van der Waals surface area contributed by atoms with Crippen LogP contribution in [0.2, 0.25) is 0 Å². The number of amides is 1. The van der Waals surface area contributed by atoms with E-state index in [1.807, 2.05) is 6.92 Å². The zero-order valence-electron chi connectivity index (χ0n) is 10.4. The lowest BCUT2D eigenvalue weighted by molar-refractivity contribution is -0.129. The molecule has 0 saturated carbocycles. The van der Waals surface area contributed by atoms with E-state index in [0.29, 0.717) is 0 Å². The van der Waals surface area contributed by atoms with Crippen LogP contribution in [0.3, 0.4) is 0 Å². The molecule has 1 aliphatic heterocycles. The highest BCUT2D eigenvalue weighted by Gasteiger charge is 2.29. The summed E-state index contributed by atoms with van der Waals surface area (Å²) in [5.41, 5.74) is 5.11. The topological polar surface area (TPSA) is 92.3 Å². The summed E-state index contributed by atoms with van der Waals surface area (Å²) in [6.45, 7) is 3.60. The zero-order chi connectivity index (χ0) is 13.1. The highest BCUT2D eigenvalue weighted by molar-refractivity contribution is 7.09. The number of carbonyl (C=O) groups excluding carboxylic acids is 1. The summed E-state index contributed by atoms with van der Waals surface area (Å²) in [5, 5.41) is 10.6. The van der Waals surface area contributed by atoms with E-state index in [2.05, 4.69) is 14.3 Å². The Balaban J connectivity index is 1.92. The van der Waals surface area contributed by atoms with E-state index in [4.69, 9.17) is 5.73 Å². The van der Waals surface area contributed by atoms with Crippen molar-refractivity contribution in [2.24, 2.45) is 11.7 Å². The van der Waals surface area contributed by atoms with Gasteiger partial charge in [-0.15, -0.1) is 0 Å². The third kappa shape index (κ3) is 2.78. The van der Waals surface area contributed by atoms with E-state index in [1.165, 1.54) is 11.5 Å². The largest absolute Gasteiger partial charge is 0.383 e. The molecule has 1 amide bonds. The van der Waals surface area contributed by atoms with Crippen LogP contribution in [-0.2, 0) is 11.2 Å². The molecular formula is C11H18N4O2S. The fourth-order valence-corrected chi connectivity index (χ4v) is 2.96. The van der Waals surface area contributed by atoms with E-state index in [0.717, 1.165) is 43.3 Å². The average Bonchev–Trinajstić information content (AvgIpc) is 2.86. The van der Waals surface area contributed by atoms with Gasteiger partial charge in [0, 0.05) is 31.0 Å².